The number of carbonyl (C=O) groups is 1. The summed E-state index contributed by atoms with van der Waals surface area (Å²) < 4.78 is 20.3. The van der Waals surface area contributed by atoms with E-state index in [0.717, 1.165) is 17.3 Å². The third-order valence-electron chi connectivity index (χ3n) is 3.62. The van der Waals surface area contributed by atoms with Crippen LogP contribution in [0.3, 0.4) is 0 Å². The third kappa shape index (κ3) is 3.48. The first-order chi connectivity index (χ1) is 11.1. The molecule has 1 heterocycles. The van der Waals surface area contributed by atoms with Gasteiger partial charge in [0.25, 0.3) is 0 Å². The van der Waals surface area contributed by atoms with Gasteiger partial charge in [0.1, 0.15) is 12.6 Å². The maximum Gasteiger partial charge on any atom is 0.324 e. The lowest BCUT2D eigenvalue weighted by molar-refractivity contribution is -0.147. The van der Waals surface area contributed by atoms with E-state index in [0.29, 0.717) is 17.0 Å². The molecule has 0 saturated carbocycles. The molecule has 0 radical (unpaired) electrons. The summed E-state index contributed by atoms with van der Waals surface area (Å²) in [5.74, 6) is -0.172. The lowest BCUT2D eigenvalue weighted by Crippen LogP contribution is -2.42. The predicted octanol–water partition coefficient (Wildman–Crippen LogP) is 2.80. The number of esters is 1. The molecule has 1 fully saturated rings. The van der Waals surface area contributed by atoms with Crippen molar-refractivity contribution in [2.75, 3.05) is 11.5 Å². The fraction of sp³-hybridized carbons (Fsp3) is 0.235. The first-order valence-corrected chi connectivity index (χ1v) is 8.23. The summed E-state index contributed by atoms with van der Waals surface area (Å²) in [6.45, 7) is 0.176. The van der Waals surface area contributed by atoms with Crippen LogP contribution in [0.1, 0.15) is 11.1 Å². The minimum atomic E-state index is -1.87. The minimum Gasteiger partial charge on any atom is -0.460 e. The molecule has 2 aromatic carbocycles. The van der Waals surface area contributed by atoms with Crippen LogP contribution in [0.25, 0.3) is 0 Å². The van der Waals surface area contributed by atoms with E-state index in [9.17, 15) is 4.79 Å². The molecule has 0 spiro atoms. The zero-order valence-electron chi connectivity index (χ0n) is 12.4. The van der Waals surface area contributed by atoms with Crippen molar-refractivity contribution in [3.63, 3.8) is 0 Å². The fourth-order valence-electron chi connectivity index (χ4n) is 2.41. The van der Waals surface area contributed by atoms with E-state index in [2.05, 4.69) is 5.32 Å². The Labute approximate surface area is 138 Å². The number of hydrogen-bond donors (Lipinski definition) is 2. The van der Waals surface area contributed by atoms with Gasteiger partial charge in [-0.15, -0.1) is 0 Å². The minimum absolute atomic E-state index is 0.176. The Morgan fingerprint density at radius 1 is 1.26 bits per heavy atom. The number of nitrogen functional groups attached to an aromatic ring is 1. The van der Waals surface area contributed by atoms with Gasteiger partial charge in [0, 0.05) is 17.0 Å². The number of rotatable bonds is 4. The lowest BCUT2D eigenvalue weighted by Gasteiger charge is -2.22. The molecule has 1 aliphatic heterocycles. The van der Waals surface area contributed by atoms with Crippen molar-refractivity contribution in [3.8, 4) is 0 Å². The summed E-state index contributed by atoms with van der Waals surface area (Å²) >= 11 is 1.01. The van der Waals surface area contributed by atoms with E-state index in [-0.39, 0.29) is 6.61 Å². The molecule has 4 nitrogen and oxygen atoms in total. The number of benzene rings is 2. The number of alkyl halides is 1. The van der Waals surface area contributed by atoms with Crippen LogP contribution in [0.5, 0.6) is 0 Å². The molecule has 0 aliphatic carbocycles. The van der Waals surface area contributed by atoms with Crippen LogP contribution >= 0.6 is 11.8 Å². The first kappa shape index (κ1) is 15.8. The second-order valence-corrected chi connectivity index (χ2v) is 6.47. The number of nitrogens with one attached hydrogen (secondary N) is 1. The molecule has 23 heavy (non-hydrogen) atoms. The van der Waals surface area contributed by atoms with Crippen LogP contribution in [-0.2, 0) is 21.3 Å². The third-order valence-corrected chi connectivity index (χ3v) is 4.86. The summed E-state index contributed by atoms with van der Waals surface area (Å²) in [6, 6.07) is 15.4. The van der Waals surface area contributed by atoms with Crippen LogP contribution in [0.15, 0.2) is 54.6 Å². The number of hydrogen-bond acceptors (Lipinski definition) is 5. The molecule has 0 aromatic heterocycles. The van der Waals surface area contributed by atoms with Crippen molar-refractivity contribution in [3.05, 3.63) is 65.7 Å². The largest absolute Gasteiger partial charge is 0.460 e. The van der Waals surface area contributed by atoms with E-state index in [1.807, 2.05) is 30.3 Å². The van der Waals surface area contributed by atoms with Gasteiger partial charge in [-0.2, -0.15) is 0 Å². The molecule has 3 N–H and O–H groups in total. The van der Waals surface area contributed by atoms with E-state index in [1.165, 1.54) is 0 Å². The van der Waals surface area contributed by atoms with Gasteiger partial charge in [0.15, 0.2) is 0 Å². The lowest BCUT2D eigenvalue weighted by atomic mass is 10.1. The predicted molar refractivity (Wildman–Crippen MR) is 89.3 cm³/mol. The Bertz CT molecular complexity index is 698. The van der Waals surface area contributed by atoms with E-state index in [1.54, 1.807) is 24.3 Å². The smallest absolute Gasteiger partial charge is 0.324 e. The molecule has 0 amide bonds. The highest BCUT2D eigenvalue weighted by Crippen LogP contribution is 2.43. The summed E-state index contributed by atoms with van der Waals surface area (Å²) in [5, 5.41) is 0.829. The number of halogens is 1. The van der Waals surface area contributed by atoms with Gasteiger partial charge in [-0.25, -0.2) is 4.39 Å². The van der Waals surface area contributed by atoms with Crippen molar-refractivity contribution in [1.29, 1.82) is 0 Å². The highest BCUT2D eigenvalue weighted by Gasteiger charge is 2.45. The molecule has 2 unspecified atom stereocenters. The van der Waals surface area contributed by atoms with Gasteiger partial charge in [-0.1, -0.05) is 60.3 Å². The highest BCUT2D eigenvalue weighted by molar-refractivity contribution is 8.00. The second-order valence-electron chi connectivity index (χ2n) is 5.28. The molecule has 1 saturated heterocycles. The quantitative estimate of drug-likeness (QED) is 0.512. The summed E-state index contributed by atoms with van der Waals surface area (Å²) in [4.78, 5) is 12.1. The van der Waals surface area contributed by atoms with Crippen LogP contribution in [0.4, 0.5) is 10.1 Å². The Kier molecular flexibility index (Phi) is 4.54. The van der Waals surface area contributed by atoms with Gasteiger partial charge in [-0.05, 0) is 11.6 Å². The van der Waals surface area contributed by atoms with E-state index in [4.69, 9.17) is 10.5 Å². The average molecular weight is 332 g/mol. The molecular weight excluding hydrogens is 315 g/mol. The Morgan fingerprint density at radius 3 is 2.70 bits per heavy atom. The number of carbonyl (C=O) groups excluding carboxylic acids is 1. The summed E-state index contributed by atoms with van der Waals surface area (Å²) in [7, 11) is 0. The Hall–Kier alpha value is -2.05. The molecule has 2 aromatic rings. The fourth-order valence-corrected chi connectivity index (χ4v) is 3.59. The molecular formula is C17H17FN2O2S. The number of ether oxygens (including phenoxy) is 1. The molecule has 1 aliphatic rings. The van der Waals surface area contributed by atoms with E-state index >= 15 is 4.39 Å². The van der Waals surface area contributed by atoms with Crippen molar-refractivity contribution >= 4 is 23.4 Å². The molecule has 6 heteroatoms. The van der Waals surface area contributed by atoms with Crippen molar-refractivity contribution < 1.29 is 13.9 Å². The molecule has 2 atom stereocenters. The standard InChI is InChI=1S/C17H17FN2O2S/c18-17(13-8-4-5-9-14(13)19)20-15(11-23-17)16(21)22-10-12-6-2-1-3-7-12/h1-9,15,20H,10-11,19H2. The maximum absolute atomic E-state index is 15.0. The van der Waals surface area contributed by atoms with Gasteiger partial charge in [0.05, 0.1) is 0 Å². The SMILES string of the molecule is Nc1ccccc1C1(F)NC(C(=O)OCc2ccccc2)CS1. The van der Waals surface area contributed by atoms with Crippen LogP contribution < -0.4 is 11.1 Å². The Morgan fingerprint density at radius 2 is 1.96 bits per heavy atom. The Balaban J connectivity index is 1.63. The number of nitrogens with two attached hydrogens (primary N) is 1. The van der Waals surface area contributed by atoms with Crippen LogP contribution in [0, 0.1) is 0 Å². The van der Waals surface area contributed by atoms with Gasteiger partial charge < -0.3 is 10.5 Å². The number of para-hydroxylation sites is 1. The number of thioether (sulfide) groups is 1. The first-order valence-electron chi connectivity index (χ1n) is 7.24. The summed E-state index contributed by atoms with van der Waals surface area (Å²) in [5.41, 5.74) is 7.42. The second kappa shape index (κ2) is 6.60. The molecule has 120 valence electrons. The monoisotopic (exact) mass is 332 g/mol. The normalized spacial score (nSPS) is 23.6. The van der Waals surface area contributed by atoms with Crippen molar-refractivity contribution in [2.45, 2.75) is 17.8 Å². The average Bonchev–Trinajstić information content (AvgIpc) is 2.97. The number of anilines is 1. The van der Waals surface area contributed by atoms with Crippen LogP contribution in [0.2, 0.25) is 0 Å². The van der Waals surface area contributed by atoms with Gasteiger partial charge >= 0.3 is 5.97 Å². The highest BCUT2D eigenvalue weighted by atomic mass is 32.2. The zero-order chi connectivity index (χ0) is 16.3. The molecule has 3 rings (SSSR count). The van der Waals surface area contributed by atoms with Crippen molar-refractivity contribution in [2.24, 2.45) is 0 Å². The van der Waals surface area contributed by atoms with Crippen LogP contribution in [-0.4, -0.2) is 17.8 Å². The zero-order valence-corrected chi connectivity index (χ0v) is 13.2. The van der Waals surface area contributed by atoms with Crippen molar-refractivity contribution in [1.82, 2.24) is 5.32 Å². The topological polar surface area (TPSA) is 64.3 Å². The summed E-state index contributed by atoms with van der Waals surface area (Å²) in [6.07, 6.45) is 0. The molecule has 0 bridgehead atoms. The van der Waals surface area contributed by atoms with Gasteiger partial charge in [0.2, 0.25) is 5.12 Å². The van der Waals surface area contributed by atoms with E-state index < -0.39 is 17.1 Å². The van der Waals surface area contributed by atoms with Gasteiger partial charge in [-0.3, -0.25) is 10.1 Å². The maximum atomic E-state index is 15.0.